The summed E-state index contributed by atoms with van der Waals surface area (Å²) in [5.41, 5.74) is 0.0249. The summed E-state index contributed by atoms with van der Waals surface area (Å²) in [7, 11) is -2.62. The van der Waals surface area contributed by atoms with Crippen LogP contribution < -0.4 is 5.32 Å². The summed E-state index contributed by atoms with van der Waals surface area (Å²) in [6, 6.07) is 6.58. The van der Waals surface area contributed by atoms with Crippen molar-refractivity contribution in [1.29, 1.82) is 0 Å². The molecule has 9 heteroatoms. The van der Waals surface area contributed by atoms with Crippen molar-refractivity contribution in [3.05, 3.63) is 29.8 Å². The van der Waals surface area contributed by atoms with Crippen LogP contribution in [0.25, 0.3) is 0 Å². The molecule has 0 radical (unpaired) electrons. The first-order valence-corrected chi connectivity index (χ1v) is 12.4. The first-order valence-electron chi connectivity index (χ1n) is 10.9. The van der Waals surface area contributed by atoms with E-state index < -0.39 is 16.0 Å². The summed E-state index contributed by atoms with van der Waals surface area (Å²) in [6.07, 6.45) is 2.03. The van der Waals surface area contributed by atoms with Crippen molar-refractivity contribution in [2.45, 2.75) is 44.0 Å². The van der Waals surface area contributed by atoms with Crippen molar-refractivity contribution in [1.82, 2.24) is 14.5 Å². The summed E-state index contributed by atoms with van der Waals surface area (Å²) in [5, 5.41) is 3.08. The quantitative estimate of drug-likeness (QED) is 0.634. The zero-order valence-electron chi connectivity index (χ0n) is 18.5. The highest BCUT2D eigenvalue weighted by Crippen LogP contribution is 2.26. The van der Waals surface area contributed by atoms with Crippen LogP contribution in [0.1, 0.15) is 43.5 Å². The van der Waals surface area contributed by atoms with Gasteiger partial charge < -0.3 is 15.0 Å². The molecule has 0 saturated carbocycles. The predicted octanol–water partition coefficient (Wildman–Crippen LogP) is 1.72. The monoisotopic (exact) mass is 451 g/mol. The number of hydrogen-bond acceptors (Lipinski definition) is 6. The van der Waals surface area contributed by atoms with Crippen molar-refractivity contribution in [3.8, 4) is 0 Å². The maximum absolute atomic E-state index is 13.1. The van der Waals surface area contributed by atoms with Gasteiger partial charge in [-0.3, -0.25) is 4.79 Å². The number of likely N-dealkylation sites (tertiary alicyclic amines) is 1. The van der Waals surface area contributed by atoms with Gasteiger partial charge in [-0.25, -0.2) is 13.2 Å². The van der Waals surface area contributed by atoms with E-state index in [0.29, 0.717) is 31.3 Å². The lowest BCUT2D eigenvalue weighted by Crippen LogP contribution is -2.44. The highest BCUT2D eigenvalue weighted by Gasteiger charge is 2.34. The molecular formula is C22H33N3O5S. The topological polar surface area (TPSA) is 96.0 Å². The normalized spacial score (nSPS) is 21.4. The van der Waals surface area contributed by atoms with E-state index in [2.05, 4.69) is 24.1 Å². The Kier molecular flexibility index (Phi) is 7.72. The largest absolute Gasteiger partial charge is 0.465 e. The third-order valence-electron chi connectivity index (χ3n) is 6.35. The second-order valence-electron chi connectivity index (χ2n) is 8.65. The third-order valence-corrected chi connectivity index (χ3v) is 8.30. The Balaban J connectivity index is 1.55. The molecule has 0 spiro atoms. The Morgan fingerprint density at radius 2 is 1.81 bits per heavy atom. The van der Waals surface area contributed by atoms with Crippen LogP contribution in [0.2, 0.25) is 0 Å². The van der Waals surface area contributed by atoms with Crippen LogP contribution in [-0.4, -0.2) is 75.4 Å². The molecule has 2 aliphatic rings. The second kappa shape index (κ2) is 10.1. The molecule has 2 fully saturated rings. The minimum absolute atomic E-state index is 0.00926. The van der Waals surface area contributed by atoms with E-state index in [1.54, 1.807) is 12.1 Å². The highest BCUT2D eigenvalue weighted by molar-refractivity contribution is 7.89. The number of methoxy groups -OCH3 is 1. The summed E-state index contributed by atoms with van der Waals surface area (Å²) < 4.78 is 32.3. The van der Waals surface area contributed by atoms with Gasteiger partial charge in [-0.05, 0) is 57.7 Å². The molecule has 2 heterocycles. The van der Waals surface area contributed by atoms with Crippen LogP contribution in [0.15, 0.2) is 29.2 Å². The smallest absolute Gasteiger partial charge is 0.339 e. The average Bonchev–Trinajstić information content (AvgIpc) is 3.26. The number of hydrogen-bond donors (Lipinski definition) is 1. The van der Waals surface area contributed by atoms with Crippen molar-refractivity contribution >= 4 is 21.9 Å². The number of piperidine rings is 1. The van der Waals surface area contributed by atoms with Crippen LogP contribution in [0.4, 0.5) is 0 Å². The van der Waals surface area contributed by atoms with Gasteiger partial charge in [0.1, 0.15) is 0 Å². The maximum atomic E-state index is 13.1. The maximum Gasteiger partial charge on any atom is 0.339 e. The van der Waals surface area contributed by atoms with Crippen LogP contribution in [0.3, 0.4) is 0 Å². The number of nitrogens with one attached hydrogen (secondary N) is 1. The van der Waals surface area contributed by atoms with Gasteiger partial charge in [-0.15, -0.1) is 0 Å². The van der Waals surface area contributed by atoms with Crippen molar-refractivity contribution in [2.75, 3.05) is 39.8 Å². The van der Waals surface area contributed by atoms with E-state index in [-0.39, 0.29) is 35.4 Å². The van der Waals surface area contributed by atoms with E-state index in [9.17, 15) is 18.0 Å². The lowest BCUT2D eigenvalue weighted by atomic mass is 9.97. The molecule has 1 unspecified atom stereocenters. The standard InChI is InChI=1S/C22H33N3O5S/c1-16(2)24-11-8-17(15-24)14-23-21(26)18-9-12-25(13-10-18)31(28,29)20-7-5-4-6-19(20)22(27)30-3/h4-7,16-18H,8-15H2,1-3H3,(H,23,26). The Bertz CT molecular complexity index is 894. The average molecular weight is 452 g/mol. The number of esters is 1. The molecule has 1 aromatic carbocycles. The minimum atomic E-state index is -3.84. The molecule has 172 valence electrons. The summed E-state index contributed by atoms with van der Waals surface area (Å²) in [4.78, 5) is 27.0. The second-order valence-corrected chi connectivity index (χ2v) is 10.6. The van der Waals surface area contributed by atoms with E-state index in [0.717, 1.165) is 19.5 Å². The lowest BCUT2D eigenvalue weighted by Gasteiger charge is -2.31. The number of rotatable bonds is 7. The number of carbonyl (C=O) groups excluding carboxylic acids is 2. The zero-order valence-corrected chi connectivity index (χ0v) is 19.4. The summed E-state index contributed by atoms with van der Waals surface area (Å²) in [5.74, 6) is -0.391. The Morgan fingerprint density at radius 1 is 1.13 bits per heavy atom. The molecule has 1 aromatic rings. The fourth-order valence-electron chi connectivity index (χ4n) is 4.36. The molecule has 0 aliphatic carbocycles. The SMILES string of the molecule is COC(=O)c1ccccc1S(=O)(=O)N1CCC(C(=O)NCC2CCN(C(C)C)C2)CC1. The fourth-order valence-corrected chi connectivity index (χ4v) is 6.00. The van der Waals surface area contributed by atoms with Crippen molar-refractivity contribution < 1.29 is 22.7 Å². The van der Waals surface area contributed by atoms with E-state index >= 15 is 0 Å². The zero-order chi connectivity index (χ0) is 22.6. The van der Waals surface area contributed by atoms with Gasteiger partial charge in [0.05, 0.1) is 17.6 Å². The third kappa shape index (κ3) is 5.45. The van der Waals surface area contributed by atoms with Gasteiger partial charge >= 0.3 is 5.97 Å². The molecule has 31 heavy (non-hydrogen) atoms. The van der Waals surface area contributed by atoms with E-state index in [4.69, 9.17) is 4.74 Å². The molecule has 3 rings (SSSR count). The van der Waals surface area contributed by atoms with Crippen molar-refractivity contribution in [2.24, 2.45) is 11.8 Å². The van der Waals surface area contributed by atoms with E-state index in [1.807, 2.05) is 0 Å². The number of benzene rings is 1. The molecule has 0 bridgehead atoms. The molecule has 1 amide bonds. The summed E-state index contributed by atoms with van der Waals surface area (Å²) >= 11 is 0. The first kappa shape index (κ1) is 23.7. The number of carbonyl (C=O) groups is 2. The van der Waals surface area contributed by atoms with Gasteiger partial charge in [0.25, 0.3) is 0 Å². The van der Waals surface area contributed by atoms with Crippen LogP contribution in [-0.2, 0) is 19.6 Å². The van der Waals surface area contributed by atoms with Gasteiger partial charge in [-0.1, -0.05) is 12.1 Å². The van der Waals surface area contributed by atoms with Crippen LogP contribution in [0, 0.1) is 11.8 Å². The van der Waals surface area contributed by atoms with Gasteiger partial charge in [0.2, 0.25) is 15.9 Å². The van der Waals surface area contributed by atoms with Crippen LogP contribution >= 0.6 is 0 Å². The molecule has 2 aliphatic heterocycles. The molecule has 1 N–H and O–H groups in total. The molecule has 0 aromatic heterocycles. The van der Waals surface area contributed by atoms with Crippen molar-refractivity contribution in [3.63, 3.8) is 0 Å². The number of sulfonamides is 1. The molecule has 1 atom stereocenters. The highest BCUT2D eigenvalue weighted by atomic mass is 32.2. The van der Waals surface area contributed by atoms with Gasteiger partial charge in [0.15, 0.2) is 0 Å². The molecular weight excluding hydrogens is 418 g/mol. The van der Waals surface area contributed by atoms with Crippen LogP contribution in [0.5, 0.6) is 0 Å². The number of nitrogens with zero attached hydrogens (tertiary/aromatic N) is 2. The Labute approximate surface area is 185 Å². The van der Waals surface area contributed by atoms with E-state index in [1.165, 1.54) is 23.5 Å². The number of amides is 1. The first-order chi connectivity index (χ1) is 14.7. The number of ether oxygens (including phenoxy) is 1. The minimum Gasteiger partial charge on any atom is -0.465 e. The lowest BCUT2D eigenvalue weighted by molar-refractivity contribution is -0.126. The fraction of sp³-hybridized carbons (Fsp3) is 0.636. The molecule has 8 nitrogen and oxygen atoms in total. The van der Waals surface area contributed by atoms with Gasteiger partial charge in [0, 0.05) is 38.1 Å². The molecule has 2 saturated heterocycles. The Morgan fingerprint density at radius 3 is 2.42 bits per heavy atom. The van der Waals surface area contributed by atoms with Gasteiger partial charge in [-0.2, -0.15) is 4.31 Å². The predicted molar refractivity (Wildman–Crippen MR) is 117 cm³/mol. The Hall–Kier alpha value is -1.97. The summed E-state index contributed by atoms with van der Waals surface area (Å²) in [6.45, 7) is 7.63.